The summed E-state index contributed by atoms with van der Waals surface area (Å²) < 4.78 is 10.7. The molecule has 1 aliphatic carbocycles. The minimum absolute atomic E-state index is 0.296. The van der Waals surface area contributed by atoms with Crippen LogP contribution in [0.15, 0.2) is 65.3 Å². The van der Waals surface area contributed by atoms with Gasteiger partial charge < -0.3 is 19.5 Å². The molecule has 0 unspecified atom stereocenters. The Bertz CT molecular complexity index is 1010. The van der Waals surface area contributed by atoms with Crippen molar-refractivity contribution in [3.63, 3.8) is 0 Å². The molecule has 0 spiro atoms. The van der Waals surface area contributed by atoms with E-state index < -0.39 is 0 Å². The van der Waals surface area contributed by atoms with Gasteiger partial charge in [0.05, 0.1) is 14.2 Å². The molecule has 2 N–H and O–H groups in total. The fraction of sp³-hybridized carbons (Fsp3) is 0.143. The van der Waals surface area contributed by atoms with Crippen LogP contribution in [0.2, 0.25) is 0 Å². The average molecular weight is 357 g/mol. The van der Waals surface area contributed by atoms with Gasteiger partial charge in [-0.2, -0.15) is 0 Å². The first-order chi connectivity index (χ1) is 13.2. The molecular formula is C21H19B2O4. The number of rotatable bonds is 3. The summed E-state index contributed by atoms with van der Waals surface area (Å²) in [7, 11) is 4.37. The van der Waals surface area contributed by atoms with Crippen molar-refractivity contribution in [3.05, 3.63) is 76.4 Å². The second kappa shape index (κ2) is 7.14. The minimum Gasteiger partial charge on any atom is -0.501 e. The molecular weight excluding hydrogens is 338 g/mol. The van der Waals surface area contributed by atoms with Crippen LogP contribution in [-0.4, -0.2) is 38.7 Å². The van der Waals surface area contributed by atoms with Crippen molar-refractivity contribution in [2.75, 3.05) is 14.2 Å². The van der Waals surface area contributed by atoms with Crippen LogP contribution < -0.4 is 10.2 Å². The molecule has 1 radical (unpaired) electrons. The van der Waals surface area contributed by atoms with E-state index >= 15 is 0 Å². The van der Waals surface area contributed by atoms with Gasteiger partial charge in [0.15, 0.2) is 0 Å². The van der Waals surface area contributed by atoms with Gasteiger partial charge in [-0.05, 0) is 50.4 Å². The van der Waals surface area contributed by atoms with E-state index in [2.05, 4.69) is 12.1 Å². The zero-order chi connectivity index (χ0) is 19.0. The highest BCUT2D eigenvalue weighted by Gasteiger charge is 2.26. The first kappa shape index (κ1) is 17.7. The number of hydrogen-bond donors (Lipinski definition) is 2. The quantitative estimate of drug-likeness (QED) is 0.827. The van der Waals surface area contributed by atoms with E-state index in [-0.39, 0.29) is 6.92 Å². The number of methoxy groups -OCH3 is 2. The maximum Gasteiger partial charge on any atom is 0.358 e. The second-order valence-corrected chi connectivity index (χ2v) is 6.61. The van der Waals surface area contributed by atoms with E-state index in [1.54, 1.807) is 14.2 Å². The van der Waals surface area contributed by atoms with Crippen molar-refractivity contribution < 1.29 is 19.5 Å². The van der Waals surface area contributed by atoms with Crippen LogP contribution in [0.4, 0.5) is 0 Å². The van der Waals surface area contributed by atoms with Crippen molar-refractivity contribution in [2.45, 2.75) is 6.42 Å². The zero-order valence-corrected chi connectivity index (χ0v) is 15.3. The molecule has 0 aromatic heterocycles. The van der Waals surface area contributed by atoms with E-state index in [1.807, 2.05) is 42.5 Å². The summed E-state index contributed by atoms with van der Waals surface area (Å²) in [6.07, 6.45) is 10.5. The number of allylic oxidation sites excluding steroid dienone is 7. The highest BCUT2D eigenvalue weighted by Crippen LogP contribution is 2.33. The number of fused-ring (bicyclic) bond motifs is 2. The zero-order valence-electron chi connectivity index (χ0n) is 15.3. The molecule has 2 aromatic carbocycles. The topological polar surface area (TPSA) is 58.9 Å². The average Bonchev–Trinajstić information content (AvgIpc) is 3.25. The second-order valence-electron chi connectivity index (χ2n) is 6.61. The molecule has 0 atom stereocenters. The molecule has 27 heavy (non-hydrogen) atoms. The Balaban J connectivity index is 0.000000186. The Hall–Kier alpha value is -2.69. The molecule has 6 heteroatoms. The van der Waals surface area contributed by atoms with Gasteiger partial charge in [0.25, 0.3) is 0 Å². The van der Waals surface area contributed by atoms with Gasteiger partial charge in [-0.1, -0.05) is 42.5 Å². The lowest BCUT2D eigenvalue weighted by molar-refractivity contribution is 0.287. The summed E-state index contributed by atoms with van der Waals surface area (Å²) in [6.45, 7) is -0.296. The Kier molecular flexibility index (Phi) is 4.68. The Morgan fingerprint density at radius 3 is 2.33 bits per heavy atom. The maximum atomic E-state index is 9.52. The fourth-order valence-electron chi connectivity index (χ4n) is 3.74. The van der Waals surface area contributed by atoms with Crippen LogP contribution in [0.25, 0.3) is 16.8 Å². The van der Waals surface area contributed by atoms with Crippen LogP contribution in [0.1, 0.15) is 11.1 Å². The normalized spacial score (nSPS) is 15.7. The molecule has 4 nitrogen and oxygen atoms in total. The molecule has 2 aliphatic heterocycles. The van der Waals surface area contributed by atoms with Crippen LogP contribution in [0.3, 0.4) is 0 Å². The van der Waals surface area contributed by atoms with Crippen LogP contribution in [0, 0.1) is 0 Å². The van der Waals surface area contributed by atoms with Gasteiger partial charge in [0.1, 0.15) is 11.5 Å². The lowest BCUT2D eigenvalue weighted by atomic mass is 9.62. The predicted octanol–water partition coefficient (Wildman–Crippen LogP) is 2.11. The molecule has 0 fully saturated rings. The first-order valence-corrected chi connectivity index (χ1v) is 8.78. The van der Waals surface area contributed by atoms with Gasteiger partial charge in [0, 0.05) is 6.42 Å². The van der Waals surface area contributed by atoms with E-state index in [4.69, 9.17) is 14.5 Å². The van der Waals surface area contributed by atoms with E-state index in [0.29, 0.717) is 11.2 Å². The van der Waals surface area contributed by atoms with Gasteiger partial charge in [-0.15, -0.1) is 0 Å². The Labute approximate surface area is 159 Å². The van der Waals surface area contributed by atoms with Crippen molar-refractivity contribution in [3.8, 4) is 5.75 Å². The van der Waals surface area contributed by atoms with Gasteiger partial charge in [0.2, 0.25) is 0 Å². The Morgan fingerprint density at radius 1 is 1.07 bits per heavy atom. The SMILES string of the molecule is COC1=Cc2c([B]O)c(OC)cc3cccc(c23)C1.OB1C2=CC=C1C=C2. The highest BCUT2D eigenvalue weighted by atomic mass is 16.5. The van der Waals surface area contributed by atoms with Gasteiger partial charge in [-0.3, -0.25) is 0 Å². The summed E-state index contributed by atoms with van der Waals surface area (Å²) in [6, 6.07) is 8.13. The molecule has 2 bridgehead atoms. The van der Waals surface area contributed by atoms with Gasteiger partial charge in [-0.25, -0.2) is 0 Å². The monoisotopic (exact) mass is 357 g/mol. The summed E-state index contributed by atoms with van der Waals surface area (Å²) in [5.74, 6) is 1.55. The first-order valence-electron chi connectivity index (χ1n) is 8.78. The summed E-state index contributed by atoms with van der Waals surface area (Å²) in [5, 5.41) is 20.9. The maximum absolute atomic E-state index is 9.52. The standard InChI is InChI=1S/C15H14BO3.C6H5BO/c1-18-11-6-9-4-3-5-10-7-13(19-2)15(16-17)12(8-11)14(9)10;8-7-5-1-2-6(7)4-3-5/h3-5,7-8,17H,6H2,1-2H3;1-4,8H. The van der Waals surface area contributed by atoms with Crippen molar-refractivity contribution in [1.82, 2.24) is 0 Å². The number of benzene rings is 2. The minimum atomic E-state index is -0.296. The molecule has 133 valence electrons. The largest absolute Gasteiger partial charge is 0.501 e. The predicted molar refractivity (Wildman–Crippen MR) is 110 cm³/mol. The van der Waals surface area contributed by atoms with Crippen LogP contribution in [-0.2, 0) is 11.2 Å². The fourth-order valence-corrected chi connectivity index (χ4v) is 3.74. The van der Waals surface area contributed by atoms with E-state index in [1.165, 1.54) is 5.56 Å². The molecule has 2 heterocycles. The molecule has 2 aromatic rings. The lowest BCUT2D eigenvalue weighted by Gasteiger charge is -2.21. The summed E-state index contributed by atoms with van der Waals surface area (Å²) in [5.41, 5.74) is 4.91. The molecule has 3 aliphatic rings. The Morgan fingerprint density at radius 2 is 1.81 bits per heavy atom. The molecule has 5 rings (SSSR count). The third kappa shape index (κ3) is 3.01. The van der Waals surface area contributed by atoms with E-state index in [9.17, 15) is 5.02 Å². The summed E-state index contributed by atoms with van der Waals surface area (Å²) in [4.78, 5) is 0. The third-order valence-electron chi connectivity index (χ3n) is 5.14. The highest BCUT2D eigenvalue weighted by molar-refractivity contribution is 6.71. The number of ether oxygens (including phenoxy) is 2. The van der Waals surface area contributed by atoms with Crippen molar-refractivity contribution >= 4 is 36.7 Å². The van der Waals surface area contributed by atoms with Gasteiger partial charge >= 0.3 is 14.4 Å². The molecule has 0 saturated carbocycles. The van der Waals surface area contributed by atoms with Crippen molar-refractivity contribution in [2.24, 2.45) is 0 Å². The van der Waals surface area contributed by atoms with Crippen LogP contribution in [0.5, 0.6) is 5.75 Å². The lowest BCUT2D eigenvalue weighted by Crippen LogP contribution is -2.22. The third-order valence-corrected chi connectivity index (χ3v) is 5.14. The van der Waals surface area contributed by atoms with Crippen LogP contribution >= 0.6 is 0 Å². The molecule has 0 saturated heterocycles. The summed E-state index contributed by atoms with van der Waals surface area (Å²) >= 11 is 0. The van der Waals surface area contributed by atoms with Crippen molar-refractivity contribution in [1.29, 1.82) is 0 Å². The molecule has 0 amide bonds. The number of hydrogen-bond acceptors (Lipinski definition) is 4. The smallest absolute Gasteiger partial charge is 0.358 e. The van der Waals surface area contributed by atoms with E-state index in [0.717, 1.165) is 46.9 Å².